The van der Waals surface area contributed by atoms with E-state index in [9.17, 15) is 4.79 Å². The third-order valence-corrected chi connectivity index (χ3v) is 3.55. The molecule has 0 bridgehead atoms. The molecule has 0 saturated carbocycles. The van der Waals surface area contributed by atoms with Crippen LogP contribution >= 0.6 is 12.4 Å². The maximum absolute atomic E-state index is 11.6. The Balaban J connectivity index is 0.00000192. The van der Waals surface area contributed by atoms with Crippen molar-refractivity contribution in [2.24, 2.45) is 0 Å². The summed E-state index contributed by atoms with van der Waals surface area (Å²) in [7, 11) is 0. The van der Waals surface area contributed by atoms with Gasteiger partial charge in [0.1, 0.15) is 0 Å². The Bertz CT molecular complexity index is 803. The lowest BCUT2D eigenvalue weighted by Crippen LogP contribution is -2.18. The van der Waals surface area contributed by atoms with Gasteiger partial charge in [0.2, 0.25) is 0 Å². The molecular weight excluding hydrogens is 310 g/mol. The summed E-state index contributed by atoms with van der Waals surface area (Å²) >= 11 is 0. The smallest absolute Gasteiger partial charge is 0.274 e. The number of rotatable bonds is 3. The van der Waals surface area contributed by atoms with Gasteiger partial charge in [0.15, 0.2) is 0 Å². The fourth-order valence-electron chi connectivity index (χ4n) is 2.50. The molecule has 3 aromatic rings. The van der Waals surface area contributed by atoms with Gasteiger partial charge in [0.05, 0.1) is 0 Å². The molecule has 0 aromatic heterocycles. The molecule has 0 aliphatic heterocycles. The predicted molar refractivity (Wildman–Crippen MR) is 93.8 cm³/mol. The van der Waals surface area contributed by atoms with Crippen LogP contribution < -0.4 is 5.48 Å². The third kappa shape index (κ3) is 3.59. The fraction of sp³-hybridized carbons (Fsp3) is 0. The van der Waals surface area contributed by atoms with Gasteiger partial charge in [-0.2, -0.15) is 0 Å². The van der Waals surface area contributed by atoms with Gasteiger partial charge < -0.3 is 0 Å². The summed E-state index contributed by atoms with van der Waals surface area (Å²) in [5, 5.41) is 8.78. The second-order valence-corrected chi connectivity index (χ2v) is 4.93. The van der Waals surface area contributed by atoms with Crippen LogP contribution in [0.15, 0.2) is 78.9 Å². The van der Waals surface area contributed by atoms with Gasteiger partial charge in [0.25, 0.3) is 5.91 Å². The van der Waals surface area contributed by atoms with Crippen LogP contribution in [0.25, 0.3) is 22.3 Å². The molecule has 3 aromatic carbocycles. The SMILES string of the molecule is Cl.O=C(NO)c1cccc(-c2ccccc2-c2ccccc2)c1. The highest BCUT2D eigenvalue weighted by molar-refractivity contribution is 5.95. The molecule has 0 fully saturated rings. The number of carbonyl (C=O) groups is 1. The quantitative estimate of drug-likeness (QED) is 0.548. The number of amides is 1. The zero-order valence-corrected chi connectivity index (χ0v) is 13.1. The number of halogens is 1. The van der Waals surface area contributed by atoms with Gasteiger partial charge in [-0.15, -0.1) is 12.4 Å². The maximum Gasteiger partial charge on any atom is 0.274 e. The van der Waals surface area contributed by atoms with E-state index in [1.807, 2.05) is 48.5 Å². The summed E-state index contributed by atoms with van der Waals surface area (Å²) in [6, 6.07) is 25.4. The summed E-state index contributed by atoms with van der Waals surface area (Å²) in [4.78, 5) is 11.6. The lowest BCUT2D eigenvalue weighted by Gasteiger charge is -2.11. The highest BCUT2D eigenvalue weighted by atomic mass is 35.5. The van der Waals surface area contributed by atoms with E-state index in [-0.39, 0.29) is 12.4 Å². The molecule has 4 heteroatoms. The molecule has 0 aliphatic carbocycles. The number of hydrogen-bond donors (Lipinski definition) is 2. The van der Waals surface area contributed by atoms with E-state index in [2.05, 4.69) is 18.2 Å². The third-order valence-electron chi connectivity index (χ3n) is 3.55. The van der Waals surface area contributed by atoms with Crippen molar-refractivity contribution in [2.45, 2.75) is 0 Å². The second kappa shape index (κ2) is 7.58. The standard InChI is InChI=1S/C19H15NO2.ClH/c21-19(20-22)16-10-6-9-15(13-16)18-12-5-4-11-17(18)14-7-2-1-3-8-14;/h1-13,22H,(H,20,21);1H. The van der Waals surface area contributed by atoms with Gasteiger partial charge in [-0.1, -0.05) is 66.7 Å². The molecule has 0 radical (unpaired) electrons. The van der Waals surface area contributed by atoms with Crippen molar-refractivity contribution < 1.29 is 10.0 Å². The first-order valence-corrected chi connectivity index (χ1v) is 6.99. The first-order valence-electron chi connectivity index (χ1n) is 6.99. The maximum atomic E-state index is 11.6. The molecule has 1 amide bonds. The molecule has 0 spiro atoms. The fourth-order valence-corrected chi connectivity index (χ4v) is 2.50. The Morgan fingerprint density at radius 1 is 0.739 bits per heavy atom. The lowest BCUT2D eigenvalue weighted by atomic mass is 9.94. The Morgan fingerprint density at radius 3 is 1.96 bits per heavy atom. The van der Waals surface area contributed by atoms with Crippen molar-refractivity contribution >= 4 is 18.3 Å². The minimum Gasteiger partial charge on any atom is -0.288 e. The van der Waals surface area contributed by atoms with Gasteiger partial charge in [-0.25, -0.2) is 5.48 Å². The van der Waals surface area contributed by atoms with Crippen molar-refractivity contribution in [2.75, 3.05) is 0 Å². The van der Waals surface area contributed by atoms with Crippen LogP contribution in [0.5, 0.6) is 0 Å². The summed E-state index contributed by atoms with van der Waals surface area (Å²) in [5.74, 6) is -0.515. The molecule has 0 atom stereocenters. The van der Waals surface area contributed by atoms with E-state index in [0.717, 1.165) is 22.3 Å². The van der Waals surface area contributed by atoms with E-state index in [4.69, 9.17) is 5.21 Å². The second-order valence-electron chi connectivity index (χ2n) is 4.93. The Labute approximate surface area is 141 Å². The molecule has 3 nitrogen and oxygen atoms in total. The number of carbonyl (C=O) groups excluding carboxylic acids is 1. The number of nitrogens with one attached hydrogen (secondary N) is 1. The van der Waals surface area contributed by atoms with Crippen LogP contribution in [0, 0.1) is 0 Å². The largest absolute Gasteiger partial charge is 0.288 e. The highest BCUT2D eigenvalue weighted by Gasteiger charge is 2.09. The molecule has 23 heavy (non-hydrogen) atoms. The summed E-state index contributed by atoms with van der Waals surface area (Å²) < 4.78 is 0. The molecule has 3 rings (SSSR count). The topological polar surface area (TPSA) is 49.3 Å². The molecule has 116 valence electrons. The van der Waals surface area contributed by atoms with Crippen molar-refractivity contribution in [1.29, 1.82) is 0 Å². The van der Waals surface area contributed by atoms with E-state index >= 15 is 0 Å². The summed E-state index contributed by atoms with van der Waals surface area (Å²) in [5.41, 5.74) is 6.28. The van der Waals surface area contributed by atoms with Gasteiger partial charge in [-0.3, -0.25) is 10.0 Å². The minimum atomic E-state index is -0.515. The van der Waals surface area contributed by atoms with Crippen LogP contribution in [0.4, 0.5) is 0 Å². The monoisotopic (exact) mass is 325 g/mol. The summed E-state index contributed by atoms with van der Waals surface area (Å²) in [6.07, 6.45) is 0. The minimum absolute atomic E-state index is 0. The Hall–Kier alpha value is -2.62. The molecule has 2 N–H and O–H groups in total. The molecule has 0 aliphatic rings. The van der Waals surface area contributed by atoms with Crippen molar-refractivity contribution in [3.8, 4) is 22.3 Å². The molecule has 0 saturated heterocycles. The predicted octanol–water partition coefficient (Wildman–Crippen LogP) is 4.56. The van der Waals surface area contributed by atoms with Crippen LogP contribution in [0.2, 0.25) is 0 Å². The number of hydrogen-bond acceptors (Lipinski definition) is 2. The zero-order chi connectivity index (χ0) is 15.4. The summed E-state index contributed by atoms with van der Waals surface area (Å²) in [6.45, 7) is 0. The Morgan fingerprint density at radius 2 is 1.30 bits per heavy atom. The van der Waals surface area contributed by atoms with Gasteiger partial charge in [0, 0.05) is 5.56 Å². The van der Waals surface area contributed by atoms with Crippen LogP contribution in [-0.4, -0.2) is 11.1 Å². The normalized spacial score (nSPS) is 9.78. The first kappa shape index (κ1) is 16.7. The van der Waals surface area contributed by atoms with Crippen molar-refractivity contribution in [3.05, 3.63) is 84.4 Å². The van der Waals surface area contributed by atoms with Crippen LogP contribution in [-0.2, 0) is 0 Å². The molecular formula is C19H16ClNO2. The van der Waals surface area contributed by atoms with E-state index in [0.29, 0.717) is 5.56 Å². The van der Waals surface area contributed by atoms with E-state index in [1.54, 1.807) is 17.6 Å². The van der Waals surface area contributed by atoms with Crippen LogP contribution in [0.3, 0.4) is 0 Å². The van der Waals surface area contributed by atoms with Crippen molar-refractivity contribution in [1.82, 2.24) is 5.48 Å². The van der Waals surface area contributed by atoms with Crippen molar-refractivity contribution in [3.63, 3.8) is 0 Å². The molecule has 0 heterocycles. The zero-order valence-electron chi connectivity index (χ0n) is 12.3. The van der Waals surface area contributed by atoms with E-state index < -0.39 is 5.91 Å². The van der Waals surface area contributed by atoms with Crippen LogP contribution in [0.1, 0.15) is 10.4 Å². The van der Waals surface area contributed by atoms with E-state index in [1.165, 1.54) is 0 Å². The van der Waals surface area contributed by atoms with Gasteiger partial charge in [-0.05, 0) is 34.4 Å². The number of hydroxylamine groups is 1. The first-order chi connectivity index (χ1) is 10.8. The Kier molecular flexibility index (Phi) is 5.52. The highest BCUT2D eigenvalue weighted by Crippen LogP contribution is 2.32. The lowest BCUT2D eigenvalue weighted by molar-refractivity contribution is 0.0706. The molecule has 0 unspecified atom stereocenters. The van der Waals surface area contributed by atoms with Gasteiger partial charge >= 0.3 is 0 Å². The average Bonchev–Trinajstić information content (AvgIpc) is 2.62. The number of benzene rings is 3. The average molecular weight is 326 g/mol.